The Bertz CT molecular complexity index is 14200. The molecule has 0 amide bonds. The largest absolute Gasteiger partial charge is 0.455 e. The highest BCUT2D eigenvalue weighted by atomic mass is 16.3. The predicted octanol–water partition coefficient (Wildman–Crippen LogP) is 36.3. The van der Waals surface area contributed by atoms with E-state index in [1.54, 1.807) is 0 Å². The van der Waals surface area contributed by atoms with E-state index >= 15 is 0 Å². The molecule has 129 heavy (non-hydrogen) atoms. The third-order valence-electron chi connectivity index (χ3n) is 21.5. The summed E-state index contributed by atoms with van der Waals surface area (Å²) < 4.78 is 698. The van der Waals surface area contributed by atoms with Crippen LogP contribution in [0.15, 0.2) is 472 Å². The lowest BCUT2D eigenvalue weighted by Crippen LogP contribution is -1.92. The van der Waals surface area contributed by atoms with E-state index in [2.05, 4.69) is 0 Å². The molecule has 3 nitrogen and oxygen atoms in total. The van der Waals surface area contributed by atoms with E-state index in [-0.39, 0.29) is 10.8 Å². The summed E-state index contributed by atoms with van der Waals surface area (Å²) in [5.74, 6) is 0. The zero-order chi connectivity index (χ0) is 151. The molecule has 3 aromatic heterocycles. The van der Waals surface area contributed by atoms with Crippen LogP contribution in [0.2, 0.25) is 0 Å². The highest BCUT2D eigenvalue weighted by Gasteiger charge is 2.25. The zero-order valence-corrected chi connectivity index (χ0v) is 64.2. The summed E-state index contributed by atoms with van der Waals surface area (Å²) in [5.41, 5.74) is -13.2. The quantitative estimate of drug-likeness (QED) is 0.149. The molecule has 0 unspecified atom stereocenters. The second-order valence-corrected chi connectivity index (χ2v) is 28.3. The number of rotatable bonds is 7. The predicted molar refractivity (Wildman–Crippen MR) is 549 cm³/mol. The third-order valence-corrected chi connectivity index (χ3v) is 21.5. The van der Waals surface area contributed by atoms with Gasteiger partial charge in [0.25, 0.3) is 0 Å². The van der Waals surface area contributed by atoms with Gasteiger partial charge in [-0.25, -0.2) is 0 Å². The number of furan rings is 3. The number of hydrogen-bond acceptors (Lipinski definition) is 3. The minimum Gasteiger partial charge on any atom is -0.455 e. The standard InChI is InChI=1S/C46H28O.2C40H24O/c1-2-12-29(13-3-1)32-25-26-40(35-17-7-6-16-34(32)35)45-38-20-10-8-18-36(38)44(37-19-9-11-21-39(37)45)31-23-27-43-42(28-31)41-24-22-30-14-4-5-15-33(30)46(41)47-43;1-3-13-28-25(10-1)12-9-19-30(28)39-33-17-7-5-15-31(33)38(32-16-6-8-18-34(32)39)27-21-23-37-36(24-27)35-22-20-26-11-2-4-14-29(26)40(35)41-37;1-2-11-27-23-28(18-17-25(27)9-1)38-31-13-5-7-15-33(31)39(34-16-8-6-14-32(34)38)29-20-22-37-36(24-29)35-21-19-26-10-3-4-12-30(26)40(35)41-37/h1-28H;2*1-24H/i1D,2D,3D,4D,5D,6D,7D,8D,9D,10D,11D,12D,13D,14D,15D,16D,17D,18D,19D,20D,21D,22D,23D,24D,25D,26D,27D,28D;2*1D,2D,3D,4D,5D,6D,7D,8D,9D,10D,11D,12D,13D,14D,15D,16D,17D,18D,19D,20D,21D,22D,23D,24D. The van der Waals surface area contributed by atoms with Crippen molar-refractivity contribution in [3.05, 3.63) is 459 Å². The van der Waals surface area contributed by atoms with Crippen molar-refractivity contribution in [1.29, 1.82) is 0 Å². The summed E-state index contributed by atoms with van der Waals surface area (Å²) in [7, 11) is 0. The molecule has 0 aliphatic rings. The van der Waals surface area contributed by atoms with Crippen LogP contribution in [0.25, 0.3) is 273 Å². The summed E-state index contributed by atoms with van der Waals surface area (Å²) in [6.07, 6.45) is 0. The molecule has 0 N–H and O–H groups in total. The molecular weight excluding hydrogens is 1560 g/mol. The van der Waals surface area contributed by atoms with Gasteiger partial charge in [-0.3, -0.25) is 0 Å². The lowest BCUT2D eigenvalue weighted by atomic mass is 9.83. The van der Waals surface area contributed by atoms with Crippen LogP contribution in [0.3, 0.4) is 0 Å². The summed E-state index contributed by atoms with van der Waals surface area (Å²) in [5, 5.41) is -17.5. The Balaban J connectivity index is 0.000000144. The molecule has 0 spiro atoms. The molecule has 3 heteroatoms. The summed E-state index contributed by atoms with van der Waals surface area (Å²) >= 11 is 0. The van der Waals surface area contributed by atoms with E-state index in [4.69, 9.17) is 79.0 Å². The van der Waals surface area contributed by atoms with Gasteiger partial charge in [0.1, 0.15) is 33.5 Å². The molecule has 598 valence electrons. The molecule has 0 radical (unpaired) electrons. The Kier molecular flexibility index (Phi) is 7.05. The Hall–Kier alpha value is -17.0. The van der Waals surface area contributed by atoms with Crippen LogP contribution < -0.4 is 0 Å². The lowest BCUT2D eigenvalue weighted by Gasteiger charge is -2.19. The van der Waals surface area contributed by atoms with Gasteiger partial charge in [-0.2, -0.15) is 0 Å². The van der Waals surface area contributed by atoms with Gasteiger partial charge in [-0.05, 0) is 251 Å². The van der Waals surface area contributed by atoms with Gasteiger partial charge < -0.3 is 13.3 Å². The Labute approximate surface area is 848 Å². The average Bonchev–Trinajstić information content (AvgIpc) is 1.31. The van der Waals surface area contributed by atoms with E-state index in [1.165, 1.54) is 0 Å². The maximum Gasteiger partial charge on any atom is 0.143 e. The minimum absolute atomic E-state index is 0.384. The zero-order valence-electron chi connectivity index (χ0n) is 140. The van der Waals surface area contributed by atoms with Crippen molar-refractivity contribution in [2.75, 3.05) is 0 Å². The molecule has 0 fully saturated rings. The van der Waals surface area contributed by atoms with Crippen molar-refractivity contribution in [1.82, 2.24) is 0 Å². The van der Waals surface area contributed by atoms with E-state index in [9.17, 15) is 38.4 Å². The van der Waals surface area contributed by atoms with Gasteiger partial charge in [-0.1, -0.05) is 399 Å². The van der Waals surface area contributed by atoms with Crippen LogP contribution in [0, 0.1) is 0 Å². The van der Waals surface area contributed by atoms with E-state index < -0.39 is 721 Å². The fourth-order valence-corrected chi connectivity index (χ4v) is 16.1. The average molecular weight is 1710 g/mol. The fraction of sp³-hybridized carbons (Fsp3) is 0. The first-order valence-electron chi connectivity index (χ1n) is 76.2. The molecule has 25 aromatic carbocycles. The van der Waals surface area contributed by atoms with Gasteiger partial charge in [0.2, 0.25) is 0 Å². The third kappa shape index (κ3) is 11.9. The Morgan fingerprint density at radius 1 is 0.124 bits per heavy atom. The molecule has 28 rings (SSSR count). The Morgan fingerprint density at radius 3 is 0.744 bits per heavy atom. The first-order chi connectivity index (χ1) is 95.7. The molecule has 0 aliphatic heterocycles. The topological polar surface area (TPSA) is 39.4 Å². The molecule has 0 atom stereocenters. The first kappa shape index (κ1) is 30.4. The Morgan fingerprint density at radius 2 is 0.372 bits per heavy atom. The number of hydrogen-bond donors (Lipinski definition) is 0. The summed E-state index contributed by atoms with van der Waals surface area (Å²) in [6.45, 7) is 0. The fourth-order valence-electron chi connectivity index (χ4n) is 16.1. The summed E-state index contributed by atoms with van der Waals surface area (Å²) in [4.78, 5) is 0. The van der Waals surface area contributed by atoms with Crippen molar-refractivity contribution in [3.63, 3.8) is 0 Å². The van der Waals surface area contributed by atoms with Crippen molar-refractivity contribution in [2.24, 2.45) is 0 Å². The van der Waals surface area contributed by atoms with Crippen LogP contribution in [0.1, 0.15) is 104 Å². The number of benzene rings is 25. The van der Waals surface area contributed by atoms with E-state index in [0.29, 0.717) is 0 Å². The molecule has 0 saturated heterocycles. The van der Waals surface area contributed by atoms with Crippen LogP contribution in [-0.4, -0.2) is 0 Å². The maximum absolute atomic E-state index is 9.87. The van der Waals surface area contributed by atoms with Crippen LogP contribution in [-0.2, 0) is 0 Å². The molecule has 3 heterocycles. The highest BCUT2D eigenvalue weighted by molar-refractivity contribution is 6.29. The molecule has 0 bridgehead atoms. The first-order valence-corrected chi connectivity index (χ1v) is 38.2. The smallest absolute Gasteiger partial charge is 0.143 e. The maximum atomic E-state index is 9.87. The number of fused-ring (bicyclic) bond motifs is 24. The van der Waals surface area contributed by atoms with Crippen molar-refractivity contribution in [2.45, 2.75) is 0 Å². The molecule has 0 saturated carbocycles. The monoisotopic (exact) mass is 1710 g/mol. The minimum atomic E-state index is -1.09. The van der Waals surface area contributed by atoms with Crippen LogP contribution in [0.4, 0.5) is 0 Å². The molecular formula is C126H76O3. The second kappa shape index (κ2) is 29.9. The van der Waals surface area contributed by atoms with Gasteiger partial charge in [-0.15, -0.1) is 0 Å². The normalized spacial score (nSPS) is 20.1. The van der Waals surface area contributed by atoms with Crippen molar-refractivity contribution >= 4 is 195 Å². The van der Waals surface area contributed by atoms with Crippen molar-refractivity contribution < 1.29 is 117 Å². The van der Waals surface area contributed by atoms with E-state index in [1.807, 2.05) is 0 Å². The van der Waals surface area contributed by atoms with Gasteiger partial charge >= 0.3 is 0 Å². The molecule has 28 aromatic rings. The second-order valence-electron chi connectivity index (χ2n) is 28.3. The molecule has 0 aliphatic carbocycles. The summed E-state index contributed by atoms with van der Waals surface area (Å²) in [6, 6.07) is -66.8. The van der Waals surface area contributed by atoms with E-state index in [0.717, 1.165) is 0 Å². The lowest BCUT2D eigenvalue weighted by molar-refractivity contribution is 0.672. The van der Waals surface area contributed by atoms with Gasteiger partial charge in [0.15, 0.2) is 0 Å². The van der Waals surface area contributed by atoms with Crippen LogP contribution in [0.5, 0.6) is 0 Å². The van der Waals surface area contributed by atoms with Crippen molar-refractivity contribution in [3.8, 4) is 77.9 Å². The van der Waals surface area contributed by atoms with Gasteiger partial charge in [0, 0.05) is 48.5 Å². The SMILES string of the molecule is [2H]c1c(-c2c3c([2H])c([2H])c([2H])c([2H])c3c(-c3c([2H])c([2H])c([2H])c4c([2H])c([2H])c([2H])c([2H])c34)c3c([2H])c([2H])c([2H])c([2H])c23)c([2H])c2c(oc3c4c([2H])c([2H])c([2H])c([2H])c4c([2H])c([2H])c32)c1[2H].[2H]c1c(-c2c3c([2H])c([2H])c([2H])c([2H])c3c(-c3c([2H])c([2H])c4c([2H])c([2H])c([2H])c([2H])c4c3[2H])c3c([2H])c([2H])c([2H])c([2H])c23)c([2H])c2c(oc3c4c([2H])c([2H])c([2H])c([2H])c4c([2H])c([2H])c32)c1[2H].[2H]c1c([2H])c([2H])c(-c2c([2H])c([2H])c(-c3c4c([2H])c([2H])c([2H])c([2H])c4c(-c4c([2H])c([2H])c5oc6c7c([2H])c([2H])c([2H])c([2H])c7c([2H])c([2H])c6c5c4[2H])c4c([2H])c([2H])c([2H])c([2H])c34)c3c([2H])c([2H])c([2H])c([2H])c23)c([2H])c1[2H]. The highest BCUT2D eigenvalue weighted by Crippen LogP contribution is 2.52. The van der Waals surface area contributed by atoms with Crippen LogP contribution >= 0.6 is 0 Å². The van der Waals surface area contributed by atoms with Gasteiger partial charge in [0.05, 0.1) is 104 Å².